The molecule has 4 heteroatoms. The number of hydrogen-bond acceptors (Lipinski definition) is 2. The zero-order chi connectivity index (χ0) is 13.9. The molecule has 4 nitrogen and oxygen atoms in total. The SMILES string of the molecule is CC(C)C(C)CC(=O)N1CCC[C@H](C(=O)O)[C@@H]1C. The van der Waals surface area contributed by atoms with Crippen molar-refractivity contribution in [2.24, 2.45) is 17.8 Å². The minimum atomic E-state index is -0.781. The highest BCUT2D eigenvalue weighted by Gasteiger charge is 2.35. The molecule has 0 aromatic rings. The van der Waals surface area contributed by atoms with Crippen LogP contribution in [0.3, 0.4) is 0 Å². The number of hydrogen-bond donors (Lipinski definition) is 1. The van der Waals surface area contributed by atoms with Gasteiger partial charge in [0.15, 0.2) is 0 Å². The molecule has 0 spiro atoms. The highest BCUT2D eigenvalue weighted by atomic mass is 16.4. The van der Waals surface area contributed by atoms with Gasteiger partial charge in [0.1, 0.15) is 0 Å². The van der Waals surface area contributed by atoms with E-state index in [1.165, 1.54) is 0 Å². The van der Waals surface area contributed by atoms with Gasteiger partial charge >= 0.3 is 5.97 Å². The van der Waals surface area contributed by atoms with E-state index in [0.29, 0.717) is 31.2 Å². The average Bonchev–Trinajstić information content (AvgIpc) is 2.28. The molecule has 18 heavy (non-hydrogen) atoms. The Bertz CT molecular complexity index is 314. The first-order chi connectivity index (χ1) is 8.34. The molecule has 0 aliphatic carbocycles. The fourth-order valence-corrected chi connectivity index (χ4v) is 2.45. The molecule has 1 amide bonds. The number of nitrogens with zero attached hydrogens (tertiary/aromatic N) is 1. The van der Waals surface area contributed by atoms with Crippen molar-refractivity contribution < 1.29 is 14.7 Å². The van der Waals surface area contributed by atoms with Crippen molar-refractivity contribution in [2.75, 3.05) is 6.54 Å². The van der Waals surface area contributed by atoms with Gasteiger partial charge in [0, 0.05) is 19.0 Å². The van der Waals surface area contributed by atoms with Crippen LogP contribution < -0.4 is 0 Å². The van der Waals surface area contributed by atoms with Crippen molar-refractivity contribution in [3.63, 3.8) is 0 Å². The first-order valence-corrected chi connectivity index (χ1v) is 6.86. The van der Waals surface area contributed by atoms with Crippen molar-refractivity contribution in [3.05, 3.63) is 0 Å². The zero-order valence-corrected chi connectivity index (χ0v) is 11.8. The van der Waals surface area contributed by atoms with Crippen LogP contribution >= 0.6 is 0 Å². The van der Waals surface area contributed by atoms with E-state index in [4.69, 9.17) is 5.11 Å². The molecule has 1 unspecified atom stereocenters. The predicted molar refractivity (Wildman–Crippen MR) is 70.2 cm³/mol. The van der Waals surface area contributed by atoms with Gasteiger partial charge in [-0.3, -0.25) is 9.59 Å². The fraction of sp³-hybridized carbons (Fsp3) is 0.857. The van der Waals surface area contributed by atoms with E-state index in [9.17, 15) is 9.59 Å². The number of piperidine rings is 1. The number of carbonyl (C=O) groups excluding carboxylic acids is 1. The van der Waals surface area contributed by atoms with Gasteiger partial charge in [-0.25, -0.2) is 0 Å². The minimum absolute atomic E-state index is 0.106. The number of aliphatic carboxylic acids is 1. The molecule has 1 aliphatic rings. The fourth-order valence-electron chi connectivity index (χ4n) is 2.45. The van der Waals surface area contributed by atoms with Gasteiger partial charge in [0.05, 0.1) is 5.92 Å². The second kappa shape index (κ2) is 6.21. The van der Waals surface area contributed by atoms with Gasteiger partial charge in [0.2, 0.25) is 5.91 Å². The quantitative estimate of drug-likeness (QED) is 0.839. The van der Waals surface area contributed by atoms with E-state index in [2.05, 4.69) is 20.8 Å². The number of carboxylic acid groups (broad SMARTS) is 1. The summed E-state index contributed by atoms with van der Waals surface area (Å²) in [6.45, 7) is 8.85. The van der Waals surface area contributed by atoms with Crippen molar-refractivity contribution in [1.29, 1.82) is 0 Å². The molecule has 1 saturated heterocycles. The van der Waals surface area contributed by atoms with Crippen molar-refractivity contribution in [2.45, 2.75) is 53.0 Å². The first kappa shape index (κ1) is 15.0. The highest BCUT2D eigenvalue weighted by molar-refractivity contribution is 5.78. The molecule has 0 aromatic carbocycles. The van der Waals surface area contributed by atoms with Crippen LogP contribution in [0.2, 0.25) is 0 Å². The second-order valence-electron chi connectivity index (χ2n) is 5.84. The van der Waals surface area contributed by atoms with E-state index in [1.54, 1.807) is 4.90 Å². The maximum Gasteiger partial charge on any atom is 0.308 e. The molecule has 104 valence electrons. The van der Waals surface area contributed by atoms with E-state index in [1.807, 2.05) is 6.92 Å². The van der Waals surface area contributed by atoms with Gasteiger partial charge in [-0.15, -0.1) is 0 Å². The summed E-state index contributed by atoms with van der Waals surface area (Å²) in [5.74, 6) is -0.261. The third-order valence-corrected chi connectivity index (χ3v) is 4.26. The van der Waals surface area contributed by atoms with Crippen molar-refractivity contribution >= 4 is 11.9 Å². The summed E-state index contributed by atoms with van der Waals surface area (Å²) in [6.07, 6.45) is 2.00. The summed E-state index contributed by atoms with van der Waals surface area (Å²) in [7, 11) is 0. The molecule has 0 saturated carbocycles. The Kier molecular flexibility index (Phi) is 5.17. The van der Waals surface area contributed by atoms with E-state index in [0.717, 1.165) is 6.42 Å². The summed E-state index contributed by atoms with van der Waals surface area (Å²) < 4.78 is 0. The predicted octanol–water partition coefficient (Wildman–Crippen LogP) is 2.38. The molecule has 1 fully saturated rings. The largest absolute Gasteiger partial charge is 0.481 e. The topological polar surface area (TPSA) is 57.6 Å². The Balaban J connectivity index is 2.64. The Hall–Kier alpha value is -1.06. The highest BCUT2D eigenvalue weighted by Crippen LogP contribution is 2.26. The van der Waals surface area contributed by atoms with E-state index >= 15 is 0 Å². The summed E-state index contributed by atoms with van der Waals surface area (Å²) in [5, 5.41) is 9.14. The maximum atomic E-state index is 12.2. The van der Waals surface area contributed by atoms with Crippen LogP contribution in [0.25, 0.3) is 0 Å². The number of likely N-dealkylation sites (tertiary alicyclic amines) is 1. The molecular weight excluding hydrogens is 230 g/mol. The van der Waals surface area contributed by atoms with Gasteiger partial charge < -0.3 is 10.0 Å². The minimum Gasteiger partial charge on any atom is -0.481 e. The molecule has 0 aromatic heterocycles. The second-order valence-corrected chi connectivity index (χ2v) is 5.84. The Morgan fingerprint density at radius 1 is 1.33 bits per heavy atom. The monoisotopic (exact) mass is 255 g/mol. The van der Waals surface area contributed by atoms with Gasteiger partial charge in [-0.2, -0.15) is 0 Å². The van der Waals surface area contributed by atoms with Gasteiger partial charge in [0.25, 0.3) is 0 Å². The number of rotatable bonds is 4. The smallest absolute Gasteiger partial charge is 0.308 e. The molecule has 1 N–H and O–H groups in total. The molecule has 1 aliphatic heterocycles. The van der Waals surface area contributed by atoms with Crippen LogP contribution in [0.5, 0.6) is 0 Å². The average molecular weight is 255 g/mol. The van der Waals surface area contributed by atoms with Gasteiger partial charge in [-0.1, -0.05) is 20.8 Å². The Morgan fingerprint density at radius 3 is 2.44 bits per heavy atom. The lowest BCUT2D eigenvalue weighted by Crippen LogP contribution is -2.49. The Labute approximate surface area is 109 Å². The van der Waals surface area contributed by atoms with Crippen molar-refractivity contribution in [3.8, 4) is 0 Å². The van der Waals surface area contributed by atoms with Crippen LogP contribution in [0.15, 0.2) is 0 Å². The molecule has 1 rings (SSSR count). The molecule has 1 heterocycles. The summed E-state index contributed by atoms with van der Waals surface area (Å²) >= 11 is 0. The normalized spacial score (nSPS) is 26.2. The lowest BCUT2D eigenvalue weighted by atomic mass is 9.88. The van der Waals surface area contributed by atoms with Gasteiger partial charge in [-0.05, 0) is 31.6 Å². The number of amides is 1. The van der Waals surface area contributed by atoms with E-state index < -0.39 is 11.9 Å². The lowest BCUT2D eigenvalue weighted by molar-refractivity contribution is -0.149. The number of carboxylic acids is 1. The van der Waals surface area contributed by atoms with Crippen LogP contribution in [-0.4, -0.2) is 34.5 Å². The van der Waals surface area contributed by atoms with Crippen molar-refractivity contribution in [1.82, 2.24) is 4.90 Å². The number of carbonyl (C=O) groups is 2. The van der Waals surface area contributed by atoms with E-state index in [-0.39, 0.29) is 11.9 Å². The van der Waals surface area contributed by atoms with Crippen LogP contribution in [0.4, 0.5) is 0 Å². The standard InChI is InChI=1S/C14H25NO3/c1-9(2)10(3)8-13(16)15-7-5-6-12(11(15)4)14(17)18/h9-12H,5-8H2,1-4H3,(H,17,18)/t10?,11-,12-/m0/s1. The summed E-state index contributed by atoms with van der Waals surface area (Å²) in [6, 6.07) is -0.178. The molecule has 0 radical (unpaired) electrons. The van der Waals surface area contributed by atoms with Crippen LogP contribution in [-0.2, 0) is 9.59 Å². The molecule has 0 bridgehead atoms. The maximum absolute atomic E-state index is 12.2. The summed E-state index contributed by atoms with van der Waals surface area (Å²) in [4.78, 5) is 25.1. The first-order valence-electron chi connectivity index (χ1n) is 6.86. The zero-order valence-electron chi connectivity index (χ0n) is 11.8. The third-order valence-electron chi connectivity index (χ3n) is 4.26. The Morgan fingerprint density at radius 2 is 1.94 bits per heavy atom. The van der Waals surface area contributed by atoms with Crippen LogP contribution in [0.1, 0.15) is 47.0 Å². The third kappa shape index (κ3) is 3.47. The lowest BCUT2D eigenvalue weighted by Gasteiger charge is -2.38. The summed E-state index contributed by atoms with van der Waals surface area (Å²) in [5.41, 5.74) is 0. The molecular formula is C14H25NO3. The molecule has 3 atom stereocenters. The van der Waals surface area contributed by atoms with Crippen LogP contribution in [0, 0.1) is 17.8 Å².